The van der Waals surface area contributed by atoms with Crippen LogP contribution in [0.4, 0.5) is 13.2 Å². The minimum absolute atomic E-state index is 0.0827. The molecule has 0 radical (unpaired) electrons. The fourth-order valence-electron chi connectivity index (χ4n) is 1.65. The van der Waals surface area contributed by atoms with Crippen LogP contribution in [0.5, 0.6) is 17.4 Å². The minimum Gasteiger partial charge on any atom is -0.856 e. The van der Waals surface area contributed by atoms with E-state index in [0.717, 1.165) is 11.6 Å². The van der Waals surface area contributed by atoms with E-state index in [2.05, 4.69) is 15.0 Å². The Labute approximate surface area is 132 Å². The number of thiazole rings is 1. The van der Waals surface area contributed by atoms with Gasteiger partial charge < -0.3 is 9.84 Å². The van der Waals surface area contributed by atoms with Crippen molar-refractivity contribution in [2.75, 3.05) is 0 Å². The lowest BCUT2D eigenvalue weighted by Gasteiger charge is -2.13. The van der Waals surface area contributed by atoms with Gasteiger partial charge in [-0.15, -0.1) is 11.3 Å². The van der Waals surface area contributed by atoms with E-state index in [-0.39, 0.29) is 16.6 Å². The average Bonchev–Trinajstić information content (AvgIpc) is 3.00. The number of halogens is 3. The van der Waals surface area contributed by atoms with Gasteiger partial charge in [-0.2, -0.15) is 13.2 Å². The van der Waals surface area contributed by atoms with E-state index in [4.69, 9.17) is 4.74 Å². The molecule has 0 fully saturated rings. The van der Waals surface area contributed by atoms with Gasteiger partial charge in [0.25, 0.3) is 0 Å². The normalized spacial score (nSPS) is 11.4. The van der Waals surface area contributed by atoms with Crippen LogP contribution in [0.15, 0.2) is 41.9 Å². The second-order valence-electron chi connectivity index (χ2n) is 4.31. The molecule has 0 bridgehead atoms. The van der Waals surface area contributed by atoms with E-state index < -0.39 is 17.8 Å². The molecule has 0 atom stereocenters. The average molecular weight is 338 g/mol. The van der Waals surface area contributed by atoms with Crippen molar-refractivity contribution in [3.05, 3.63) is 47.6 Å². The number of hydrogen-bond donors (Lipinski definition) is 0. The first-order chi connectivity index (χ1) is 10.9. The summed E-state index contributed by atoms with van der Waals surface area (Å²) in [5.74, 6) is -0.597. The van der Waals surface area contributed by atoms with Crippen LogP contribution >= 0.6 is 11.3 Å². The molecule has 2 aromatic heterocycles. The van der Waals surface area contributed by atoms with Crippen LogP contribution in [0, 0.1) is 0 Å². The summed E-state index contributed by atoms with van der Waals surface area (Å²) in [6, 6.07) is 8.52. The van der Waals surface area contributed by atoms with Gasteiger partial charge in [0, 0.05) is 11.3 Å². The van der Waals surface area contributed by atoms with Gasteiger partial charge in [0.15, 0.2) is 22.3 Å². The number of nitrogens with zero attached hydrogens (tertiary/aromatic N) is 3. The summed E-state index contributed by atoms with van der Waals surface area (Å²) >= 11 is 0.712. The number of aromatic nitrogens is 3. The van der Waals surface area contributed by atoms with Gasteiger partial charge in [0.2, 0.25) is 0 Å². The zero-order valence-electron chi connectivity index (χ0n) is 11.2. The van der Waals surface area contributed by atoms with Gasteiger partial charge in [-0.25, -0.2) is 15.0 Å². The number of ether oxygens (including phenoxy) is 1. The van der Waals surface area contributed by atoms with E-state index in [1.165, 1.54) is 0 Å². The molecule has 0 saturated heterocycles. The molecule has 0 N–H and O–H groups in total. The van der Waals surface area contributed by atoms with Gasteiger partial charge in [-0.1, -0.05) is 18.2 Å². The molecule has 0 aliphatic carbocycles. The van der Waals surface area contributed by atoms with Crippen LogP contribution in [0.1, 0.15) is 5.69 Å². The first-order valence-corrected chi connectivity index (χ1v) is 7.11. The standard InChI is InChI=1S/C14H8F3N3O2S/c15-14(16,17)10-7-23-13(19-10)11-18-6-9(12(21)20-11)22-8-4-2-1-3-5-8/h1-7H,(H,18,20,21)/p-1. The Balaban J connectivity index is 1.86. The monoisotopic (exact) mass is 338 g/mol. The van der Waals surface area contributed by atoms with Crippen LogP contribution in [0.2, 0.25) is 0 Å². The fraction of sp³-hybridized carbons (Fsp3) is 0.0714. The maximum absolute atomic E-state index is 12.5. The molecule has 118 valence electrons. The molecular weight excluding hydrogens is 331 g/mol. The Bertz CT molecular complexity index is 822. The molecule has 0 spiro atoms. The van der Waals surface area contributed by atoms with Gasteiger partial charge in [0.1, 0.15) is 5.75 Å². The lowest BCUT2D eigenvalue weighted by atomic mass is 10.3. The third kappa shape index (κ3) is 3.39. The van der Waals surface area contributed by atoms with Gasteiger partial charge in [-0.05, 0) is 12.1 Å². The van der Waals surface area contributed by atoms with E-state index in [9.17, 15) is 18.3 Å². The van der Waals surface area contributed by atoms with Crippen LogP contribution in [-0.2, 0) is 6.18 Å². The molecular formula is C14H7F3N3O2S-. The molecule has 1 aromatic carbocycles. The van der Waals surface area contributed by atoms with Crippen molar-refractivity contribution >= 4 is 11.3 Å². The number of hydrogen-bond acceptors (Lipinski definition) is 6. The smallest absolute Gasteiger partial charge is 0.434 e. The second-order valence-corrected chi connectivity index (χ2v) is 5.17. The topological polar surface area (TPSA) is 71.0 Å². The Kier molecular flexibility index (Phi) is 3.87. The summed E-state index contributed by atoms with van der Waals surface area (Å²) in [5, 5.41) is 12.7. The lowest BCUT2D eigenvalue weighted by Crippen LogP contribution is -2.05. The first kappa shape index (κ1) is 15.2. The highest BCUT2D eigenvalue weighted by Crippen LogP contribution is 2.34. The third-order valence-corrected chi connectivity index (χ3v) is 3.52. The van der Waals surface area contributed by atoms with Crippen molar-refractivity contribution in [1.82, 2.24) is 15.0 Å². The third-order valence-electron chi connectivity index (χ3n) is 2.68. The summed E-state index contributed by atoms with van der Waals surface area (Å²) in [5.41, 5.74) is -1.04. The molecule has 0 unspecified atom stereocenters. The molecule has 0 aliphatic rings. The molecule has 0 amide bonds. The van der Waals surface area contributed by atoms with E-state index >= 15 is 0 Å². The molecule has 5 nitrogen and oxygen atoms in total. The first-order valence-electron chi connectivity index (χ1n) is 6.23. The zero-order chi connectivity index (χ0) is 16.4. The van der Waals surface area contributed by atoms with Crippen LogP contribution in [0.25, 0.3) is 10.8 Å². The van der Waals surface area contributed by atoms with Crippen LogP contribution in [-0.4, -0.2) is 15.0 Å². The second kappa shape index (κ2) is 5.84. The van der Waals surface area contributed by atoms with E-state index in [1.54, 1.807) is 30.3 Å². The van der Waals surface area contributed by atoms with Crippen molar-refractivity contribution in [3.63, 3.8) is 0 Å². The zero-order valence-corrected chi connectivity index (χ0v) is 12.1. The molecule has 23 heavy (non-hydrogen) atoms. The molecule has 0 aliphatic heterocycles. The highest BCUT2D eigenvalue weighted by molar-refractivity contribution is 7.13. The number of benzene rings is 1. The fourth-order valence-corrected chi connectivity index (χ4v) is 2.41. The van der Waals surface area contributed by atoms with Gasteiger partial charge >= 0.3 is 6.18 Å². The molecule has 3 aromatic rings. The Morgan fingerprint density at radius 2 is 1.83 bits per heavy atom. The van der Waals surface area contributed by atoms with Crippen molar-refractivity contribution in [2.45, 2.75) is 6.18 Å². The van der Waals surface area contributed by atoms with Crippen molar-refractivity contribution in [1.29, 1.82) is 0 Å². The Hall–Kier alpha value is -2.68. The molecule has 9 heteroatoms. The van der Waals surface area contributed by atoms with E-state index in [1.807, 2.05) is 0 Å². The molecule has 3 rings (SSSR count). The summed E-state index contributed by atoms with van der Waals surface area (Å²) in [6.45, 7) is 0. The Morgan fingerprint density at radius 3 is 2.43 bits per heavy atom. The van der Waals surface area contributed by atoms with Gasteiger partial charge in [-0.3, -0.25) is 0 Å². The van der Waals surface area contributed by atoms with Crippen molar-refractivity contribution in [2.24, 2.45) is 0 Å². The number of rotatable bonds is 3. The van der Waals surface area contributed by atoms with Crippen molar-refractivity contribution in [3.8, 4) is 28.2 Å². The predicted octanol–water partition coefficient (Wildman–Crippen LogP) is 3.48. The summed E-state index contributed by atoms with van der Waals surface area (Å²) < 4.78 is 42.9. The summed E-state index contributed by atoms with van der Waals surface area (Å²) in [7, 11) is 0. The van der Waals surface area contributed by atoms with Gasteiger partial charge in [0.05, 0.1) is 6.20 Å². The molecule has 2 heterocycles. The number of alkyl halides is 3. The number of para-hydroxylation sites is 1. The van der Waals surface area contributed by atoms with Crippen molar-refractivity contribution < 1.29 is 23.0 Å². The lowest BCUT2D eigenvalue weighted by molar-refractivity contribution is -0.276. The predicted molar refractivity (Wildman–Crippen MR) is 74.1 cm³/mol. The minimum atomic E-state index is -4.55. The largest absolute Gasteiger partial charge is 0.856 e. The highest BCUT2D eigenvalue weighted by Gasteiger charge is 2.34. The SMILES string of the molecule is [O-]c1nc(-c2nc(C(F)(F)F)cs2)ncc1Oc1ccccc1. The van der Waals surface area contributed by atoms with Crippen LogP contribution in [0.3, 0.4) is 0 Å². The highest BCUT2D eigenvalue weighted by atomic mass is 32.1. The Morgan fingerprint density at radius 1 is 1.09 bits per heavy atom. The summed E-state index contributed by atoms with van der Waals surface area (Å²) in [6.07, 6.45) is -3.43. The quantitative estimate of drug-likeness (QED) is 0.731. The maximum atomic E-state index is 12.5. The van der Waals surface area contributed by atoms with E-state index in [0.29, 0.717) is 17.1 Å². The molecule has 0 saturated carbocycles. The van der Waals surface area contributed by atoms with Crippen LogP contribution < -0.4 is 9.84 Å². The summed E-state index contributed by atoms with van der Waals surface area (Å²) in [4.78, 5) is 10.9. The maximum Gasteiger partial charge on any atom is 0.434 e.